The monoisotopic (exact) mass is 233 g/mol. The average Bonchev–Trinajstić information content (AvgIpc) is 2.25. The van der Waals surface area contributed by atoms with Crippen LogP contribution in [0.15, 0.2) is 0 Å². The van der Waals surface area contributed by atoms with Crippen LogP contribution in [0.5, 0.6) is 0 Å². The van der Waals surface area contributed by atoms with E-state index in [1.165, 1.54) is 0 Å². The highest BCUT2D eigenvalue weighted by Gasteiger charge is 1.93. The normalized spacial score (nSPS) is 11.2. The Morgan fingerprint density at radius 3 is 2.44 bits per heavy atom. The van der Waals surface area contributed by atoms with Gasteiger partial charge in [0.2, 0.25) is 0 Å². The van der Waals surface area contributed by atoms with Gasteiger partial charge in [0, 0.05) is 20.3 Å². The fraction of sp³-hybridized carbons (Fsp3) is 1.00. The molecule has 0 atom stereocenters. The molecule has 0 radical (unpaired) electrons. The van der Waals surface area contributed by atoms with Gasteiger partial charge in [0.15, 0.2) is 0 Å². The van der Waals surface area contributed by atoms with Gasteiger partial charge >= 0.3 is 0 Å². The van der Waals surface area contributed by atoms with Gasteiger partial charge in [0.1, 0.15) is 0 Å². The molecule has 0 heterocycles. The van der Waals surface area contributed by atoms with E-state index in [4.69, 9.17) is 14.2 Å². The van der Waals surface area contributed by atoms with Gasteiger partial charge in [-0.25, -0.2) is 0 Å². The quantitative estimate of drug-likeness (QED) is 0.518. The van der Waals surface area contributed by atoms with Crippen LogP contribution in [-0.2, 0) is 14.2 Å². The maximum atomic E-state index is 5.43. The summed E-state index contributed by atoms with van der Waals surface area (Å²) in [5.74, 6) is 0. The van der Waals surface area contributed by atoms with Crippen molar-refractivity contribution in [2.24, 2.45) is 0 Å². The lowest BCUT2D eigenvalue weighted by atomic mass is 10.3. The Morgan fingerprint density at radius 1 is 0.938 bits per heavy atom. The highest BCUT2D eigenvalue weighted by molar-refractivity contribution is 4.47. The Labute approximate surface area is 99.6 Å². The summed E-state index contributed by atoms with van der Waals surface area (Å²) in [5.41, 5.74) is 0. The van der Waals surface area contributed by atoms with Gasteiger partial charge in [0.05, 0.1) is 25.9 Å². The Kier molecular flexibility index (Phi) is 12.8. The zero-order valence-electron chi connectivity index (χ0n) is 11.0. The molecule has 4 nitrogen and oxygen atoms in total. The average molecular weight is 233 g/mol. The van der Waals surface area contributed by atoms with Crippen molar-refractivity contribution in [1.82, 2.24) is 5.32 Å². The van der Waals surface area contributed by atoms with Crippen LogP contribution in [0.4, 0.5) is 0 Å². The molecule has 0 amide bonds. The van der Waals surface area contributed by atoms with E-state index in [1.54, 1.807) is 7.11 Å². The van der Waals surface area contributed by atoms with E-state index in [9.17, 15) is 0 Å². The minimum absolute atomic E-state index is 0.300. The molecule has 0 unspecified atom stereocenters. The zero-order valence-corrected chi connectivity index (χ0v) is 11.0. The Balaban J connectivity index is 2.88. The summed E-state index contributed by atoms with van der Waals surface area (Å²) in [7, 11) is 1.72. The van der Waals surface area contributed by atoms with E-state index in [0.717, 1.165) is 39.1 Å². The molecule has 16 heavy (non-hydrogen) atoms. The van der Waals surface area contributed by atoms with Crippen LogP contribution < -0.4 is 5.32 Å². The summed E-state index contributed by atoms with van der Waals surface area (Å²) in [4.78, 5) is 0. The molecule has 0 aromatic heterocycles. The lowest BCUT2D eigenvalue weighted by molar-refractivity contribution is 0.0187. The molecule has 98 valence electrons. The molecule has 0 aliphatic rings. The number of unbranched alkanes of at least 4 members (excludes halogenated alkanes) is 1. The van der Waals surface area contributed by atoms with Crippen molar-refractivity contribution < 1.29 is 14.2 Å². The molecule has 0 rings (SSSR count). The van der Waals surface area contributed by atoms with E-state index in [0.29, 0.717) is 19.3 Å². The minimum Gasteiger partial charge on any atom is -0.383 e. The molecule has 0 saturated heterocycles. The third-order valence-corrected chi connectivity index (χ3v) is 2.05. The Morgan fingerprint density at radius 2 is 1.75 bits per heavy atom. The predicted octanol–water partition coefficient (Wildman–Crippen LogP) is 1.44. The number of ether oxygens (including phenoxy) is 3. The lowest BCUT2D eigenvalue weighted by Crippen LogP contribution is -2.20. The Bertz CT molecular complexity index is 131. The van der Waals surface area contributed by atoms with E-state index in [1.807, 2.05) is 13.8 Å². The zero-order chi connectivity index (χ0) is 12.1. The molecule has 0 aromatic carbocycles. The topological polar surface area (TPSA) is 39.7 Å². The summed E-state index contributed by atoms with van der Waals surface area (Å²) in [5, 5.41) is 3.30. The molecule has 0 spiro atoms. The number of hydrogen-bond acceptors (Lipinski definition) is 4. The van der Waals surface area contributed by atoms with Crippen LogP contribution >= 0.6 is 0 Å². The van der Waals surface area contributed by atoms with Gasteiger partial charge in [-0.15, -0.1) is 0 Å². The molecule has 1 N–H and O–H groups in total. The van der Waals surface area contributed by atoms with Gasteiger partial charge in [-0.3, -0.25) is 0 Å². The number of rotatable bonds is 12. The summed E-state index contributed by atoms with van der Waals surface area (Å²) in [6.07, 6.45) is 2.55. The molecule has 0 aromatic rings. The van der Waals surface area contributed by atoms with E-state index >= 15 is 0 Å². The number of methoxy groups -OCH3 is 1. The first-order valence-electron chi connectivity index (χ1n) is 6.16. The second-order valence-corrected chi connectivity index (χ2v) is 3.98. The van der Waals surface area contributed by atoms with Crippen LogP contribution in [0.2, 0.25) is 0 Å². The number of nitrogens with one attached hydrogen (secondary N) is 1. The van der Waals surface area contributed by atoms with Gasteiger partial charge in [-0.2, -0.15) is 0 Å². The summed E-state index contributed by atoms with van der Waals surface area (Å²) in [6, 6.07) is 0. The van der Waals surface area contributed by atoms with Crippen molar-refractivity contribution in [2.75, 3.05) is 46.6 Å². The standard InChI is InChI=1S/C12H27NO3/c1-12(2)16-11-10-15-8-5-4-6-13-7-9-14-3/h12-13H,4-11H2,1-3H3. The van der Waals surface area contributed by atoms with Crippen molar-refractivity contribution in [2.45, 2.75) is 32.8 Å². The summed E-state index contributed by atoms with van der Waals surface area (Å²) >= 11 is 0. The largest absolute Gasteiger partial charge is 0.383 e. The first kappa shape index (κ1) is 15.8. The third-order valence-electron chi connectivity index (χ3n) is 2.05. The summed E-state index contributed by atoms with van der Waals surface area (Å²) < 4.78 is 15.7. The van der Waals surface area contributed by atoms with Crippen molar-refractivity contribution in [3.8, 4) is 0 Å². The molecular formula is C12H27NO3. The van der Waals surface area contributed by atoms with Crippen LogP contribution in [0.3, 0.4) is 0 Å². The highest BCUT2D eigenvalue weighted by atomic mass is 16.5. The molecule has 0 bridgehead atoms. The van der Waals surface area contributed by atoms with Crippen LogP contribution in [-0.4, -0.2) is 52.7 Å². The van der Waals surface area contributed by atoms with Crippen LogP contribution in [0, 0.1) is 0 Å². The molecule has 4 heteroatoms. The van der Waals surface area contributed by atoms with Crippen molar-refractivity contribution in [1.29, 1.82) is 0 Å². The molecule has 0 fully saturated rings. The summed E-state index contributed by atoms with van der Waals surface area (Å²) in [6.45, 7) is 9.04. The van der Waals surface area contributed by atoms with Gasteiger partial charge < -0.3 is 19.5 Å². The smallest absolute Gasteiger partial charge is 0.0703 e. The van der Waals surface area contributed by atoms with Gasteiger partial charge in [-0.05, 0) is 33.2 Å². The second-order valence-electron chi connectivity index (χ2n) is 3.98. The SMILES string of the molecule is COCCNCCCCOCCOC(C)C. The first-order valence-corrected chi connectivity index (χ1v) is 6.16. The van der Waals surface area contributed by atoms with Crippen molar-refractivity contribution in [3.63, 3.8) is 0 Å². The molecule has 0 aliphatic heterocycles. The minimum atomic E-state index is 0.300. The molecular weight excluding hydrogens is 206 g/mol. The number of hydrogen-bond donors (Lipinski definition) is 1. The van der Waals surface area contributed by atoms with E-state index in [-0.39, 0.29) is 0 Å². The Hall–Kier alpha value is -0.160. The second kappa shape index (κ2) is 12.9. The van der Waals surface area contributed by atoms with Gasteiger partial charge in [-0.1, -0.05) is 0 Å². The van der Waals surface area contributed by atoms with Crippen LogP contribution in [0.25, 0.3) is 0 Å². The van der Waals surface area contributed by atoms with Gasteiger partial charge in [0.25, 0.3) is 0 Å². The molecule has 0 aliphatic carbocycles. The molecule has 0 saturated carbocycles. The van der Waals surface area contributed by atoms with Crippen molar-refractivity contribution in [3.05, 3.63) is 0 Å². The maximum Gasteiger partial charge on any atom is 0.0703 e. The first-order chi connectivity index (χ1) is 7.77. The fourth-order valence-corrected chi connectivity index (χ4v) is 1.20. The van der Waals surface area contributed by atoms with E-state index in [2.05, 4.69) is 5.32 Å². The third kappa shape index (κ3) is 13.8. The fourth-order valence-electron chi connectivity index (χ4n) is 1.20. The highest BCUT2D eigenvalue weighted by Crippen LogP contribution is 1.91. The predicted molar refractivity (Wildman–Crippen MR) is 65.9 cm³/mol. The lowest BCUT2D eigenvalue weighted by Gasteiger charge is -2.08. The van der Waals surface area contributed by atoms with Crippen LogP contribution in [0.1, 0.15) is 26.7 Å². The van der Waals surface area contributed by atoms with Crippen molar-refractivity contribution >= 4 is 0 Å². The van der Waals surface area contributed by atoms with E-state index < -0.39 is 0 Å². The maximum absolute atomic E-state index is 5.43.